The van der Waals surface area contributed by atoms with Crippen molar-refractivity contribution in [3.63, 3.8) is 0 Å². The minimum Gasteiger partial charge on any atom is -0.462 e. The van der Waals surface area contributed by atoms with Crippen molar-refractivity contribution in [1.82, 2.24) is 0 Å². The molecule has 0 radical (unpaired) electrons. The Morgan fingerprint density at radius 3 is 0.674 bits per heavy atom. The summed E-state index contributed by atoms with van der Waals surface area (Å²) in [6.45, 7) is 14.1. The minimum absolute atomic E-state index is 0.103. The highest BCUT2D eigenvalue weighted by Crippen LogP contribution is 2.45. The molecule has 0 aromatic carbocycles. The number of carbonyl (C=O) groups is 4. The number of unbranched alkanes of at least 4 members (excludes halogenated alkanes) is 36. The van der Waals surface area contributed by atoms with Crippen LogP contribution < -0.4 is 0 Å². The van der Waals surface area contributed by atoms with Crippen molar-refractivity contribution in [2.75, 3.05) is 39.6 Å². The first-order valence-corrected chi connectivity index (χ1v) is 40.7. The van der Waals surface area contributed by atoms with Crippen LogP contribution in [-0.2, 0) is 65.4 Å². The first-order valence-electron chi connectivity index (χ1n) is 37.7. The van der Waals surface area contributed by atoms with E-state index in [1.54, 1.807) is 0 Å². The van der Waals surface area contributed by atoms with Gasteiger partial charge in [0.25, 0.3) is 0 Å². The summed E-state index contributed by atoms with van der Waals surface area (Å²) in [6, 6.07) is 0. The molecule has 546 valence electrons. The van der Waals surface area contributed by atoms with Crippen LogP contribution in [0.5, 0.6) is 0 Å². The van der Waals surface area contributed by atoms with E-state index in [4.69, 9.17) is 37.0 Å². The predicted octanol–water partition coefficient (Wildman–Crippen LogP) is 20.9. The van der Waals surface area contributed by atoms with Crippen molar-refractivity contribution in [2.45, 2.75) is 382 Å². The molecular formula is C73H142O17P2. The lowest BCUT2D eigenvalue weighted by Crippen LogP contribution is -2.30. The molecule has 0 aromatic rings. The van der Waals surface area contributed by atoms with E-state index in [0.717, 1.165) is 108 Å². The molecule has 5 atom stereocenters. The number of hydrogen-bond donors (Lipinski definition) is 3. The molecule has 19 heteroatoms. The van der Waals surface area contributed by atoms with E-state index in [1.807, 2.05) is 0 Å². The molecule has 0 aliphatic carbocycles. The number of rotatable bonds is 70. The lowest BCUT2D eigenvalue weighted by Gasteiger charge is -2.21. The zero-order valence-electron chi connectivity index (χ0n) is 60.2. The van der Waals surface area contributed by atoms with Crippen LogP contribution in [0.25, 0.3) is 0 Å². The molecule has 3 unspecified atom stereocenters. The molecule has 0 heterocycles. The Labute approximate surface area is 562 Å². The van der Waals surface area contributed by atoms with E-state index in [0.29, 0.717) is 37.5 Å². The molecule has 0 amide bonds. The Morgan fingerprint density at radius 1 is 0.272 bits per heavy atom. The monoisotopic (exact) mass is 1350 g/mol. The fourth-order valence-electron chi connectivity index (χ4n) is 11.0. The predicted molar refractivity (Wildman–Crippen MR) is 372 cm³/mol. The van der Waals surface area contributed by atoms with E-state index in [2.05, 4.69) is 55.4 Å². The largest absolute Gasteiger partial charge is 0.472 e. The molecule has 0 rings (SSSR count). The molecule has 0 saturated carbocycles. The molecule has 0 aliphatic rings. The molecule has 0 fully saturated rings. The van der Waals surface area contributed by atoms with Gasteiger partial charge in [0, 0.05) is 25.7 Å². The van der Waals surface area contributed by atoms with E-state index in [1.165, 1.54) is 161 Å². The third-order valence-electron chi connectivity index (χ3n) is 16.8. The van der Waals surface area contributed by atoms with Crippen molar-refractivity contribution in [3.05, 3.63) is 0 Å². The van der Waals surface area contributed by atoms with Gasteiger partial charge in [-0.25, -0.2) is 9.13 Å². The van der Waals surface area contributed by atoms with Gasteiger partial charge in [0.1, 0.15) is 19.3 Å². The van der Waals surface area contributed by atoms with Crippen LogP contribution >= 0.6 is 15.6 Å². The first-order chi connectivity index (χ1) is 44.1. The summed E-state index contributed by atoms with van der Waals surface area (Å²) >= 11 is 0. The van der Waals surface area contributed by atoms with E-state index in [-0.39, 0.29) is 25.7 Å². The maximum absolute atomic E-state index is 13.0. The van der Waals surface area contributed by atoms with Gasteiger partial charge in [0.05, 0.1) is 26.4 Å². The second-order valence-corrected chi connectivity index (χ2v) is 31.1. The Morgan fingerprint density at radius 2 is 0.457 bits per heavy atom. The summed E-state index contributed by atoms with van der Waals surface area (Å²) in [5.41, 5.74) is 0. The molecule has 92 heavy (non-hydrogen) atoms. The van der Waals surface area contributed by atoms with Gasteiger partial charge in [-0.1, -0.05) is 312 Å². The Balaban J connectivity index is 5.21. The fraction of sp³-hybridized carbons (Fsp3) is 0.945. The smallest absolute Gasteiger partial charge is 0.462 e. The molecular weight excluding hydrogens is 1210 g/mol. The molecule has 17 nitrogen and oxygen atoms in total. The summed E-state index contributed by atoms with van der Waals surface area (Å²) < 4.78 is 68.4. The maximum atomic E-state index is 13.0. The van der Waals surface area contributed by atoms with Crippen molar-refractivity contribution < 1.29 is 80.2 Å². The fourth-order valence-corrected chi connectivity index (χ4v) is 12.6. The summed E-state index contributed by atoms with van der Waals surface area (Å²) in [7, 11) is -9.91. The van der Waals surface area contributed by atoms with Crippen LogP contribution in [0.3, 0.4) is 0 Å². The van der Waals surface area contributed by atoms with E-state index >= 15 is 0 Å². The van der Waals surface area contributed by atoms with E-state index in [9.17, 15) is 43.2 Å². The van der Waals surface area contributed by atoms with Gasteiger partial charge in [0.2, 0.25) is 0 Å². The van der Waals surface area contributed by atoms with E-state index < -0.39 is 97.5 Å². The third kappa shape index (κ3) is 66.7. The molecule has 0 spiro atoms. The highest BCUT2D eigenvalue weighted by molar-refractivity contribution is 7.47. The molecule has 0 aliphatic heterocycles. The SMILES string of the molecule is CC(C)CCCCCCCCCCCCCCCC(=O)OC[C@H](COP(=O)(O)OCC(O)COP(=O)(O)OC[C@@H](COC(=O)CCCCCCCCCC(C)C)OC(=O)CCCCCCCCCCCCCCCC(C)C)OC(=O)CCCCCCCCCC(C)C. The Kier molecular flexibility index (Phi) is 61.3. The number of hydrogen-bond acceptors (Lipinski definition) is 15. The Bertz CT molecular complexity index is 1820. The van der Waals surface area contributed by atoms with Crippen molar-refractivity contribution in [1.29, 1.82) is 0 Å². The van der Waals surface area contributed by atoms with Crippen LogP contribution in [0, 0.1) is 23.7 Å². The lowest BCUT2D eigenvalue weighted by molar-refractivity contribution is -0.161. The summed E-state index contributed by atoms with van der Waals surface area (Å²) in [5.74, 6) is 0.851. The molecule has 0 saturated heterocycles. The number of phosphoric acid groups is 2. The number of phosphoric ester groups is 2. The number of carbonyl (C=O) groups excluding carboxylic acids is 4. The topological polar surface area (TPSA) is 237 Å². The molecule has 3 N–H and O–H groups in total. The quantitative estimate of drug-likeness (QED) is 0.0222. The minimum atomic E-state index is -4.95. The van der Waals surface area contributed by atoms with Gasteiger partial charge in [0.15, 0.2) is 12.2 Å². The zero-order chi connectivity index (χ0) is 68.2. The number of aliphatic hydroxyl groups is 1. The van der Waals surface area contributed by atoms with Gasteiger partial charge in [-0.3, -0.25) is 37.3 Å². The highest BCUT2D eigenvalue weighted by atomic mass is 31.2. The highest BCUT2D eigenvalue weighted by Gasteiger charge is 2.30. The van der Waals surface area contributed by atoms with Gasteiger partial charge >= 0.3 is 39.5 Å². The van der Waals surface area contributed by atoms with Gasteiger partial charge in [-0.15, -0.1) is 0 Å². The number of esters is 4. The average molecular weight is 1350 g/mol. The summed E-state index contributed by atoms with van der Waals surface area (Å²) in [4.78, 5) is 72.6. The molecule has 0 bridgehead atoms. The normalized spacial score (nSPS) is 14.2. The van der Waals surface area contributed by atoms with Crippen LogP contribution in [0.15, 0.2) is 0 Å². The zero-order valence-corrected chi connectivity index (χ0v) is 62.0. The van der Waals surface area contributed by atoms with Crippen molar-refractivity contribution >= 4 is 39.5 Å². The second kappa shape index (κ2) is 62.6. The van der Waals surface area contributed by atoms with Crippen LogP contribution in [-0.4, -0.2) is 96.7 Å². The number of ether oxygens (including phenoxy) is 4. The first kappa shape index (κ1) is 90.1. The summed E-state index contributed by atoms with van der Waals surface area (Å²) in [5, 5.41) is 10.6. The second-order valence-electron chi connectivity index (χ2n) is 28.2. The van der Waals surface area contributed by atoms with Gasteiger partial charge in [-0.2, -0.15) is 0 Å². The lowest BCUT2D eigenvalue weighted by atomic mass is 10.0. The standard InChI is InChI=1S/C73H142O17P2/c1-63(2)49-41-33-25-19-15-11-9-13-17-21-29-37-45-53-70(75)83-59-69(90-73(78)56-48-40-32-24-28-36-44-52-66(7)8)62-88-92(81,82)86-58-67(74)57-85-91(79,80)87-61-68(60-84-71(76)54-46-38-31-23-27-35-43-51-65(5)6)89-72(77)55-47-39-30-22-18-14-10-12-16-20-26-34-42-50-64(3)4/h63-69,74H,9-62H2,1-8H3,(H,79,80)(H,81,82)/t67?,68-,69-/m1/s1. The maximum Gasteiger partial charge on any atom is 0.472 e. The van der Waals surface area contributed by atoms with Crippen LogP contribution in [0.4, 0.5) is 0 Å². The van der Waals surface area contributed by atoms with Gasteiger partial charge in [-0.05, 0) is 49.4 Å². The third-order valence-corrected chi connectivity index (χ3v) is 18.7. The Hall–Kier alpha value is -1.94. The molecule has 0 aromatic heterocycles. The number of aliphatic hydroxyl groups excluding tert-OH is 1. The summed E-state index contributed by atoms with van der Waals surface area (Å²) in [6.07, 6.45) is 46.0. The van der Waals surface area contributed by atoms with Crippen LogP contribution in [0.2, 0.25) is 0 Å². The van der Waals surface area contributed by atoms with Crippen molar-refractivity contribution in [3.8, 4) is 0 Å². The van der Waals surface area contributed by atoms with Crippen LogP contribution in [0.1, 0.15) is 364 Å². The van der Waals surface area contributed by atoms with Crippen molar-refractivity contribution in [2.24, 2.45) is 23.7 Å². The van der Waals surface area contributed by atoms with Gasteiger partial charge < -0.3 is 33.8 Å². The average Bonchev–Trinajstić information content (AvgIpc) is 2.37.